The molecule has 0 radical (unpaired) electrons. The lowest BCUT2D eigenvalue weighted by molar-refractivity contribution is 0.597. The first-order valence-electron chi connectivity index (χ1n) is 3.42. The van der Waals surface area contributed by atoms with E-state index in [0.29, 0.717) is 0 Å². The predicted octanol–water partition coefficient (Wildman–Crippen LogP) is 3.56. The first-order chi connectivity index (χ1) is 5.65. The number of benzene rings is 1. The molecule has 1 aromatic carbocycles. The molecule has 12 heavy (non-hydrogen) atoms. The van der Waals surface area contributed by atoms with E-state index >= 15 is 0 Å². The van der Waals surface area contributed by atoms with Crippen LogP contribution in [0.1, 0.15) is 12.5 Å². The molecular formula is C9H7ClF2. The molecule has 1 rings (SSSR count). The number of hydrogen-bond donors (Lipinski definition) is 0. The third kappa shape index (κ3) is 1.83. The minimum absolute atomic E-state index is 0.0965. The van der Waals surface area contributed by atoms with E-state index in [0.717, 1.165) is 18.2 Å². The smallest absolute Gasteiger partial charge is 0.132 e. The molecule has 0 bridgehead atoms. The van der Waals surface area contributed by atoms with Crippen LogP contribution in [-0.4, -0.2) is 0 Å². The van der Waals surface area contributed by atoms with Crippen molar-refractivity contribution in [3.63, 3.8) is 0 Å². The maximum absolute atomic E-state index is 12.9. The van der Waals surface area contributed by atoms with Crippen LogP contribution in [0.25, 0.3) is 5.03 Å². The molecule has 0 spiro atoms. The van der Waals surface area contributed by atoms with Gasteiger partial charge in [-0.1, -0.05) is 17.7 Å². The van der Waals surface area contributed by atoms with Crippen molar-refractivity contribution in [2.45, 2.75) is 6.92 Å². The molecule has 0 aliphatic carbocycles. The lowest BCUT2D eigenvalue weighted by atomic mass is 10.2. The standard InChI is InChI=1S/C9H7ClF2/c1-2-8(10)7-5-6(11)3-4-9(7)12/h2-5H,1H3/b8-2+. The average molecular weight is 189 g/mol. The van der Waals surface area contributed by atoms with Gasteiger partial charge in [-0.2, -0.15) is 0 Å². The normalized spacial score (nSPS) is 11.8. The first-order valence-corrected chi connectivity index (χ1v) is 3.80. The van der Waals surface area contributed by atoms with Gasteiger partial charge in [0.05, 0.1) is 0 Å². The van der Waals surface area contributed by atoms with Crippen molar-refractivity contribution in [3.05, 3.63) is 41.5 Å². The van der Waals surface area contributed by atoms with Gasteiger partial charge in [-0.05, 0) is 25.1 Å². The maximum atomic E-state index is 12.9. The van der Waals surface area contributed by atoms with Crippen LogP contribution >= 0.6 is 11.6 Å². The molecule has 0 fully saturated rings. The minimum atomic E-state index is -0.514. The van der Waals surface area contributed by atoms with E-state index in [-0.39, 0.29) is 10.6 Å². The Morgan fingerprint density at radius 3 is 2.67 bits per heavy atom. The SMILES string of the molecule is C/C=C(/Cl)c1cc(F)ccc1F. The Morgan fingerprint density at radius 2 is 2.08 bits per heavy atom. The first kappa shape index (κ1) is 9.20. The summed E-state index contributed by atoms with van der Waals surface area (Å²) in [5, 5.41) is 0.215. The van der Waals surface area contributed by atoms with Gasteiger partial charge in [-0.15, -0.1) is 0 Å². The number of hydrogen-bond acceptors (Lipinski definition) is 0. The Balaban J connectivity index is 3.23. The van der Waals surface area contributed by atoms with Crippen molar-refractivity contribution in [2.75, 3.05) is 0 Å². The van der Waals surface area contributed by atoms with Crippen molar-refractivity contribution in [2.24, 2.45) is 0 Å². The summed E-state index contributed by atoms with van der Waals surface area (Å²) in [6, 6.07) is 3.17. The Labute approximate surface area is 74.5 Å². The van der Waals surface area contributed by atoms with Crippen LogP contribution in [0.4, 0.5) is 8.78 Å². The van der Waals surface area contributed by atoms with Crippen LogP contribution in [0.5, 0.6) is 0 Å². The molecule has 0 aliphatic rings. The average Bonchev–Trinajstić information content (AvgIpc) is 2.08. The second-order valence-electron chi connectivity index (χ2n) is 2.26. The second kappa shape index (κ2) is 3.68. The summed E-state index contributed by atoms with van der Waals surface area (Å²) in [6.07, 6.45) is 1.51. The van der Waals surface area contributed by atoms with Crippen LogP contribution in [-0.2, 0) is 0 Å². The fraction of sp³-hybridized carbons (Fsp3) is 0.111. The van der Waals surface area contributed by atoms with Crippen molar-refractivity contribution in [1.82, 2.24) is 0 Å². The van der Waals surface area contributed by atoms with Gasteiger partial charge in [0.2, 0.25) is 0 Å². The summed E-state index contributed by atoms with van der Waals surface area (Å²) in [5.41, 5.74) is 0.0965. The Bertz CT molecular complexity index is 318. The van der Waals surface area contributed by atoms with Crippen molar-refractivity contribution in [3.8, 4) is 0 Å². The molecule has 0 aliphatic heterocycles. The van der Waals surface area contributed by atoms with E-state index in [2.05, 4.69) is 0 Å². The van der Waals surface area contributed by atoms with E-state index in [1.54, 1.807) is 6.92 Å². The van der Waals surface area contributed by atoms with Crippen molar-refractivity contribution in [1.29, 1.82) is 0 Å². The van der Waals surface area contributed by atoms with Gasteiger partial charge in [0.25, 0.3) is 0 Å². The van der Waals surface area contributed by atoms with Gasteiger partial charge in [0.1, 0.15) is 11.6 Å². The lowest BCUT2D eigenvalue weighted by Crippen LogP contribution is -1.86. The number of rotatable bonds is 1. The third-order valence-corrected chi connectivity index (χ3v) is 1.86. The van der Waals surface area contributed by atoms with Gasteiger partial charge in [0, 0.05) is 10.6 Å². The van der Waals surface area contributed by atoms with Gasteiger partial charge in [-0.3, -0.25) is 0 Å². The second-order valence-corrected chi connectivity index (χ2v) is 2.67. The zero-order valence-electron chi connectivity index (χ0n) is 6.44. The highest BCUT2D eigenvalue weighted by Gasteiger charge is 2.05. The quantitative estimate of drug-likeness (QED) is 0.632. The zero-order valence-corrected chi connectivity index (χ0v) is 7.20. The summed E-state index contributed by atoms with van der Waals surface area (Å²) in [5.74, 6) is -1.01. The molecule has 0 heterocycles. The monoisotopic (exact) mass is 188 g/mol. The van der Waals surface area contributed by atoms with Gasteiger partial charge < -0.3 is 0 Å². The summed E-state index contributed by atoms with van der Waals surface area (Å²) in [6.45, 7) is 1.66. The molecule has 0 saturated heterocycles. The summed E-state index contributed by atoms with van der Waals surface area (Å²) in [4.78, 5) is 0. The van der Waals surface area contributed by atoms with Crippen LogP contribution in [0.3, 0.4) is 0 Å². The van der Waals surface area contributed by atoms with E-state index in [1.165, 1.54) is 6.08 Å². The Hall–Kier alpha value is -0.890. The highest BCUT2D eigenvalue weighted by molar-refractivity contribution is 6.48. The third-order valence-electron chi connectivity index (χ3n) is 1.44. The Morgan fingerprint density at radius 1 is 1.42 bits per heavy atom. The molecule has 64 valence electrons. The van der Waals surface area contributed by atoms with E-state index in [4.69, 9.17) is 11.6 Å². The Kier molecular flexibility index (Phi) is 2.82. The minimum Gasteiger partial charge on any atom is -0.207 e. The molecule has 0 atom stereocenters. The maximum Gasteiger partial charge on any atom is 0.132 e. The lowest BCUT2D eigenvalue weighted by Gasteiger charge is -2.00. The predicted molar refractivity (Wildman–Crippen MR) is 45.9 cm³/mol. The topological polar surface area (TPSA) is 0 Å². The molecule has 0 amide bonds. The van der Waals surface area contributed by atoms with E-state index in [9.17, 15) is 8.78 Å². The molecule has 0 unspecified atom stereocenters. The summed E-state index contributed by atoms with van der Waals surface area (Å²) < 4.78 is 25.5. The summed E-state index contributed by atoms with van der Waals surface area (Å²) in [7, 11) is 0. The fourth-order valence-corrected chi connectivity index (χ4v) is 0.981. The van der Waals surface area contributed by atoms with Crippen LogP contribution in [0, 0.1) is 11.6 Å². The highest BCUT2D eigenvalue weighted by atomic mass is 35.5. The van der Waals surface area contributed by atoms with E-state index in [1.807, 2.05) is 0 Å². The molecular weight excluding hydrogens is 182 g/mol. The molecule has 0 aromatic heterocycles. The van der Waals surface area contributed by atoms with Gasteiger partial charge in [-0.25, -0.2) is 8.78 Å². The number of allylic oxidation sites excluding steroid dienone is 1. The molecule has 0 N–H and O–H groups in total. The van der Waals surface area contributed by atoms with Crippen molar-refractivity contribution < 1.29 is 8.78 Å². The molecule has 0 nitrogen and oxygen atoms in total. The van der Waals surface area contributed by atoms with Gasteiger partial charge in [0.15, 0.2) is 0 Å². The van der Waals surface area contributed by atoms with Gasteiger partial charge >= 0.3 is 0 Å². The molecule has 0 saturated carbocycles. The molecule has 1 aromatic rings. The van der Waals surface area contributed by atoms with E-state index < -0.39 is 11.6 Å². The zero-order chi connectivity index (χ0) is 9.14. The van der Waals surface area contributed by atoms with Crippen LogP contribution < -0.4 is 0 Å². The fourth-order valence-electron chi connectivity index (χ4n) is 0.836. The highest BCUT2D eigenvalue weighted by Crippen LogP contribution is 2.22. The summed E-state index contributed by atoms with van der Waals surface area (Å²) >= 11 is 5.62. The van der Waals surface area contributed by atoms with Crippen LogP contribution in [0.15, 0.2) is 24.3 Å². The van der Waals surface area contributed by atoms with Crippen LogP contribution in [0.2, 0.25) is 0 Å². The largest absolute Gasteiger partial charge is 0.207 e. The van der Waals surface area contributed by atoms with Crippen molar-refractivity contribution >= 4 is 16.6 Å². The molecule has 3 heteroatoms. The number of halogens is 3.